The molecule has 0 fully saturated rings. The molecule has 0 spiro atoms. The van der Waals surface area contributed by atoms with E-state index in [1.165, 1.54) is 6.42 Å². The van der Waals surface area contributed by atoms with Crippen LogP contribution in [0.2, 0.25) is 0 Å². The van der Waals surface area contributed by atoms with Gasteiger partial charge in [-0.15, -0.1) is 0 Å². The summed E-state index contributed by atoms with van der Waals surface area (Å²) >= 11 is 0. The fourth-order valence-corrected chi connectivity index (χ4v) is 2.50. The molecule has 0 radical (unpaired) electrons. The Hall–Kier alpha value is -0.0800. The molecule has 0 saturated carbocycles. The first-order valence-electron chi connectivity index (χ1n) is 5.97. The molecule has 0 aromatic carbocycles. The van der Waals surface area contributed by atoms with E-state index < -0.39 is 0 Å². The van der Waals surface area contributed by atoms with E-state index in [-0.39, 0.29) is 5.54 Å². The largest absolute Gasteiger partial charge is 0.383 e. The number of nitrogens with zero attached hydrogens (tertiary/aromatic N) is 1. The quantitative estimate of drug-likeness (QED) is 0.675. The normalized spacial score (nSPS) is 13.6. The smallest absolute Gasteiger partial charge is 0.0589 e. The lowest BCUT2D eigenvalue weighted by molar-refractivity contribution is 0.0540. The third-order valence-electron chi connectivity index (χ3n) is 2.77. The molecule has 92 valence electrons. The summed E-state index contributed by atoms with van der Waals surface area (Å²) < 4.78 is 5.16. The average Bonchev–Trinajstić information content (AvgIpc) is 2.00. The molecule has 0 bridgehead atoms. The minimum absolute atomic E-state index is 0.255. The zero-order valence-electron chi connectivity index (χ0n) is 11.7. The number of hydrogen-bond acceptors (Lipinski definition) is 2. The molecule has 0 atom stereocenters. The van der Waals surface area contributed by atoms with Crippen LogP contribution >= 0.6 is 0 Å². The first kappa shape index (κ1) is 14.9. The summed E-state index contributed by atoms with van der Waals surface area (Å²) in [4.78, 5) is 2.50. The van der Waals surface area contributed by atoms with Gasteiger partial charge in [-0.3, -0.25) is 4.90 Å². The molecule has 0 N–H and O–H groups in total. The van der Waals surface area contributed by atoms with Gasteiger partial charge in [0.1, 0.15) is 0 Å². The fraction of sp³-hybridized carbons (Fsp3) is 1.00. The van der Waals surface area contributed by atoms with Crippen molar-refractivity contribution in [3.05, 3.63) is 0 Å². The molecule has 15 heavy (non-hydrogen) atoms. The van der Waals surface area contributed by atoms with Crippen molar-refractivity contribution in [3.63, 3.8) is 0 Å². The summed E-state index contributed by atoms with van der Waals surface area (Å²) in [5.41, 5.74) is 0.634. The van der Waals surface area contributed by atoms with Gasteiger partial charge in [-0.05, 0) is 32.2 Å². The van der Waals surface area contributed by atoms with Crippen molar-refractivity contribution >= 4 is 0 Å². The molecule has 0 aromatic rings. The molecule has 0 aliphatic heterocycles. The van der Waals surface area contributed by atoms with Gasteiger partial charge in [0.15, 0.2) is 0 Å². The predicted molar refractivity (Wildman–Crippen MR) is 67.3 cm³/mol. The van der Waals surface area contributed by atoms with Crippen LogP contribution in [-0.4, -0.2) is 37.2 Å². The minimum Gasteiger partial charge on any atom is -0.383 e. The summed E-state index contributed by atoms with van der Waals surface area (Å²) in [5, 5.41) is 0. The molecule has 0 aliphatic rings. The highest BCUT2D eigenvalue weighted by Gasteiger charge is 2.30. The van der Waals surface area contributed by atoms with Gasteiger partial charge in [-0.25, -0.2) is 0 Å². The van der Waals surface area contributed by atoms with Crippen LogP contribution in [0.5, 0.6) is 0 Å². The topological polar surface area (TPSA) is 12.5 Å². The molecule has 0 heterocycles. The predicted octanol–water partition coefficient (Wildman–Crippen LogP) is 3.17. The van der Waals surface area contributed by atoms with Gasteiger partial charge < -0.3 is 4.74 Å². The summed E-state index contributed by atoms with van der Waals surface area (Å²) in [5.74, 6) is 0. The number of ether oxygens (including phenoxy) is 1. The Labute approximate surface area is 96.0 Å². The van der Waals surface area contributed by atoms with Gasteiger partial charge in [-0.2, -0.15) is 0 Å². The highest BCUT2D eigenvalue weighted by Crippen LogP contribution is 2.30. The molecule has 2 heteroatoms. The maximum Gasteiger partial charge on any atom is 0.0589 e. The molecule has 0 aliphatic carbocycles. The lowest BCUT2D eigenvalue weighted by Crippen LogP contribution is -2.47. The molecule has 0 aromatic heterocycles. The average molecular weight is 215 g/mol. The van der Waals surface area contributed by atoms with Gasteiger partial charge in [0.05, 0.1) is 6.61 Å². The first-order chi connectivity index (χ1) is 6.73. The molecular weight excluding hydrogens is 186 g/mol. The second kappa shape index (κ2) is 5.86. The van der Waals surface area contributed by atoms with E-state index in [1.807, 2.05) is 0 Å². The van der Waals surface area contributed by atoms with Crippen molar-refractivity contribution < 1.29 is 4.74 Å². The molecular formula is C13H29NO. The molecule has 2 nitrogen and oxygen atoms in total. The van der Waals surface area contributed by atoms with E-state index in [4.69, 9.17) is 4.74 Å². The van der Waals surface area contributed by atoms with Gasteiger partial charge in [0.25, 0.3) is 0 Å². The number of methoxy groups -OCH3 is 1. The van der Waals surface area contributed by atoms with Gasteiger partial charge in [0.2, 0.25) is 0 Å². The van der Waals surface area contributed by atoms with Crippen LogP contribution in [0.15, 0.2) is 0 Å². The number of rotatable bonds is 6. The van der Waals surface area contributed by atoms with Crippen LogP contribution in [0.4, 0.5) is 0 Å². The van der Waals surface area contributed by atoms with Crippen molar-refractivity contribution in [2.24, 2.45) is 5.41 Å². The Bertz CT molecular complexity index is 170. The first-order valence-corrected chi connectivity index (χ1v) is 5.97. The third-order valence-corrected chi connectivity index (χ3v) is 2.77. The lowest BCUT2D eigenvalue weighted by Gasteiger charge is -2.42. The minimum atomic E-state index is 0.255. The van der Waals surface area contributed by atoms with Gasteiger partial charge in [-0.1, -0.05) is 27.7 Å². The van der Waals surface area contributed by atoms with Crippen LogP contribution in [0.25, 0.3) is 0 Å². The lowest BCUT2D eigenvalue weighted by atomic mass is 9.81. The van der Waals surface area contributed by atoms with E-state index in [0.29, 0.717) is 5.41 Å². The summed E-state index contributed by atoms with van der Waals surface area (Å²) in [7, 11) is 1.77. The zero-order chi connectivity index (χ0) is 12.1. The Balaban J connectivity index is 4.37. The van der Waals surface area contributed by atoms with E-state index in [1.54, 1.807) is 7.11 Å². The highest BCUT2D eigenvalue weighted by atomic mass is 16.5. The van der Waals surface area contributed by atoms with Gasteiger partial charge >= 0.3 is 0 Å². The van der Waals surface area contributed by atoms with Crippen molar-refractivity contribution in [2.45, 2.75) is 53.5 Å². The van der Waals surface area contributed by atoms with Gasteiger partial charge in [0, 0.05) is 19.2 Å². The third kappa shape index (κ3) is 6.16. The fourth-order valence-electron chi connectivity index (χ4n) is 2.50. The summed E-state index contributed by atoms with van der Waals surface area (Å²) in [6, 6.07) is 0. The molecule has 0 unspecified atom stereocenters. The van der Waals surface area contributed by atoms with Crippen molar-refractivity contribution in [1.29, 1.82) is 0 Å². The SMILES string of the molecule is CCN(CCOC)C(C)(C)CC(C)(C)C. The Morgan fingerprint density at radius 3 is 1.93 bits per heavy atom. The second-order valence-corrected chi connectivity index (χ2v) is 6.12. The van der Waals surface area contributed by atoms with Crippen LogP contribution in [0.3, 0.4) is 0 Å². The number of hydrogen-bond donors (Lipinski definition) is 0. The number of likely N-dealkylation sites (N-methyl/N-ethyl adjacent to an activating group) is 1. The van der Waals surface area contributed by atoms with Crippen LogP contribution in [0.1, 0.15) is 48.0 Å². The van der Waals surface area contributed by atoms with Crippen LogP contribution in [0, 0.1) is 5.41 Å². The monoisotopic (exact) mass is 215 g/mol. The summed E-state index contributed by atoms with van der Waals surface area (Å²) in [6.07, 6.45) is 1.21. The van der Waals surface area contributed by atoms with E-state index in [0.717, 1.165) is 19.7 Å². The van der Waals surface area contributed by atoms with Crippen LogP contribution < -0.4 is 0 Å². The van der Waals surface area contributed by atoms with E-state index in [2.05, 4.69) is 46.4 Å². The van der Waals surface area contributed by atoms with Crippen molar-refractivity contribution in [2.75, 3.05) is 26.8 Å². The highest BCUT2D eigenvalue weighted by molar-refractivity contribution is 4.85. The second-order valence-electron chi connectivity index (χ2n) is 6.12. The van der Waals surface area contributed by atoms with Crippen molar-refractivity contribution in [3.8, 4) is 0 Å². The van der Waals surface area contributed by atoms with Crippen LogP contribution in [-0.2, 0) is 4.74 Å². The van der Waals surface area contributed by atoms with E-state index >= 15 is 0 Å². The molecule has 0 amide bonds. The Morgan fingerprint density at radius 2 is 1.60 bits per heavy atom. The molecule has 0 rings (SSSR count). The van der Waals surface area contributed by atoms with E-state index in [9.17, 15) is 0 Å². The maximum atomic E-state index is 5.16. The Kier molecular flexibility index (Phi) is 5.82. The maximum absolute atomic E-state index is 5.16. The van der Waals surface area contributed by atoms with Crippen molar-refractivity contribution in [1.82, 2.24) is 4.90 Å². The zero-order valence-corrected chi connectivity index (χ0v) is 11.7. The summed E-state index contributed by atoms with van der Waals surface area (Å²) in [6.45, 7) is 16.7. The Morgan fingerprint density at radius 1 is 1.07 bits per heavy atom. The standard InChI is InChI=1S/C13H29NO/c1-8-14(9-10-15-7)13(5,6)11-12(2,3)4/h8-11H2,1-7H3. The molecule has 0 saturated heterocycles.